The van der Waals surface area contributed by atoms with Crippen molar-refractivity contribution in [2.75, 3.05) is 31.1 Å². The second-order valence-electron chi connectivity index (χ2n) is 5.15. The zero-order chi connectivity index (χ0) is 17.0. The van der Waals surface area contributed by atoms with Gasteiger partial charge in [-0.2, -0.15) is 13.2 Å². The number of allylic oxidation sites excluding steroid dienone is 1. The van der Waals surface area contributed by atoms with Gasteiger partial charge in [0.25, 0.3) is 0 Å². The summed E-state index contributed by atoms with van der Waals surface area (Å²) in [5.41, 5.74) is 0.543. The molecule has 0 aliphatic carbocycles. The van der Waals surface area contributed by atoms with Crippen LogP contribution in [0.2, 0.25) is 0 Å². The normalized spacial score (nSPS) is 16.0. The zero-order valence-electron chi connectivity index (χ0n) is 12.5. The maximum Gasteiger partial charge on any atom is 0.409 e. The highest BCUT2D eigenvalue weighted by Gasteiger charge is 2.25. The van der Waals surface area contributed by atoms with Crippen LogP contribution in [0.1, 0.15) is 17.3 Å². The molecule has 0 atom stereocenters. The number of hydrogen-bond donors (Lipinski definition) is 0. The summed E-state index contributed by atoms with van der Waals surface area (Å²) in [5, 5.41) is 0. The second kappa shape index (κ2) is 6.80. The number of pyridine rings is 1. The van der Waals surface area contributed by atoms with E-state index in [2.05, 4.69) is 4.98 Å². The van der Waals surface area contributed by atoms with E-state index in [-0.39, 0.29) is 11.9 Å². The van der Waals surface area contributed by atoms with Crippen LogP contribution in [-0.4, -0.2) is 53.9 Å². The summed E-state index contributed by atoms with van der Waals surface area (Å²) in [6.07, 6.45) is -2.46. The average Bonchev–Trinajstić information content (AvgIpc) is 2.52. The van der Waals surface area contributed by atoms with E-state index in [4.69, 9.17) is 0 Å². The number of halogens is 3. The summed E-state index contributed by atoms with van der Waals surface area (Å²) < 4.78 is 36.2. The maximum atomic E-state index is 12.1. The van der Waals surface area contributed by atoms with Crippen molar-refractivity contribution in [3.63, 3.8) is 0 Å². The van der Waals surface area contributed by atoms with E-state index in [1.54, 1.807) is 12.1 Å². The molecule has 0 bridgehead atoms. The SMILES string of the molecule is CC(=O)c1ccnc(N2CCN(C(=O)C=CC(F)(F)F)CC2)c1. The van der Waals surface area contributed by atoms with Crippen molar-refractivity contribution in [3.05, 3.63) is 36.0 Å². The summed E-state index contributed by atoms with van der Waals surface area (Å²) in [4.78, 5) is 30.5. The molecule has 1 aliphatic heterocycles. The molecular formula is C15H16F3N3O2. The average molecular weight is 327 g/mol. The highest BCUT2D eigenvalue weighted by Crippen LogP contribution is 2.18. The molecule has 1 saturated heterocycles. The molecule has 0 saturated carbocycles. The van der Waals surface area contributed by atoms with E-state index in [1.807, 2.05) is 4.90 Å². The molecule has 1 aromatic rings. The lowest BCUT2D eigenvalue weighted by Gasteiger charge is -2.35. The minimum atomic E-state index is -4.49. The van der Waals surface area contributed by atoms with Gasteiger partial charge in [-0.25, -0.2) is 4.98 Å². The Labute approximate surface area is 131 Å². The Hall–Kier alpha value is -2.38. The number of rotatable bonds is 3. The fourth-order valence-corrected chi connectivity index (χ4v) is 2.24. The van der Waals surface area contributed by atoms with Crippen molar-refractivity contribution in [3.8, 4) is 0 Å². The Morgan fingerprint density at radius 2 is 1.87 bits per heavy atom. The van der Waals surface area contributed by atoms with Crippen molar-refractivity contribution >= 4 is 17.5 Å². The van der Waals surface area contributed by atoms with Crippen LogP contribution < -0.4 is 4.90 Å². The van der Waals surface area contributed by atoms with Crippen LogP contribution in [0.5, 0.6) is 0 Å². The second-order valence-corrected chi connectivity index (χ2v) is 5.15. The van der Waals surface area contributed by atoms with E-state index in [1.165, 1.54) is 18.0 Å². The molecule has 23 heavy (non-hydrogen) atoms. The minimum Gasteiger partial charge on any atom is -0.353 e. The van der Waals surface area contributed by atoms with Crippen LogP contribution >= 0.6 is 0 Å². The smallest absolute Gasteiger partial charge is 0.353 e. The molecule has 1 amide bonds. The number of carbonyl (C=O) groups excluding carboxylic acids is 2. The third-order valence-corrected chi connectivity index (χ3v) is 3.48. The molecule has 0 aromatic carbocycles. The van der Waals surface area contributed by atoms with Gasteiger partial charge in [0.1, 0.15) is 5.82 Å². The zero-order valence-corrected chi connectivity index (χ0v) is 12.5. The summed E-state index contributed by atoms with van der Waals surface area (Å²) in [7, 11) is 0. The fourth-order valence-electron chi connectivity index (χ4n) is 2.24. The molecule has 0 unspecified atom stereocenters. The van der Waals surface area contributed by atoms with E-state index >= 15 is 0 Å². The number of nitrogens with zero attached hydrogens (tertiary/aromatic N) is 3. The predicted molar refractivity (Wildman–Crippen MR) is 78.2 cm³/mol. The van der Waals surface area contributed by atoms with Gasteiger partial charge in [-0.15, -0.1) is 0 Å². The summed E-state index contributed by atoms with van der Waals surface area (Å²) in [6.45, 7) is 2.95. The topological polar surface area (TPSA) is 53.5 Å². The number of carbonyl (C=O) groups is 2. The fraction of sp³-hybridized carbons (Fsp3) is 0.400. The van der Waals surface area contributed by atoms with Crippen LogP contribution in [-0.2, 0) is 4.79 Å². The Morgan fingerprint density at radius 1 is 1.22 bits per heavy atom. The number of aromatic nitrogens is 1. The molecule has 1 aliphatic rings. The van der Waals surface area contributed by atoms with Crippen LogP contribution in [0.15, 0.2) is 30.5 Å². The molecule has 0 spiro atoms. The summed E-state index contributed by atoms with van der Waals surface area (Å²) in [5.74, 6) is -0.109. The predicted octanol–water partition coefficient (Wildman–Crippen LogP) is 2.05. The van der Waals surface area contributed by atoms with Crippen molar-refractivity contribution < 1.29 is 22.8 Å². The quantitative estimate of drug-likeness (QED) is 0.630. The number of anilines is 1. The molecule has 0 N–H and O–H groups in total. The molecule has 1 aromatic heterocycles. The van der Waals surface area contributed by atoms with Crippen LogP contribution in [0.25, 0.3) is 0 Å². The molecule has 0 radical (unpaired) electrons. The number of amides is 1. The van der Waals surface area contributed by atoms with Gasteiger partial charge in [-0.05, 0) is 19.1 Å². The maximum absolute atomic E-state index is 12.1. The van der Waals surface area contributed by atoms with Gasteiger partial charge >= 0.3 is 6.18 Å². The number of ketones is 1. The minimum absolute atomic E-state index is 0.0560. The Kier molecular flexibility index (Phi) is 5.02. The lowest BCUT2D eigenvalue weighted by atomic mass is 10.2. The largest absolute Gasteiger partial charge is 0.409 e. The van der Waals surface area contributed by atoms with Gasteiger partial charge in [-0.3, -0.25) is 9.59 Å². The van der Waals surface area contributed by atoms with Gasteiger partial charge in [0.2, 0.25) is 5.91 Å². The molecule has 5 nitrogen and oxygen atoms in total. The number of alkyl halides is 3. The van der Waals surface area contributed by atoms with Crippen molar-refractivity contribution in [2.24, 2.45) is 0 Å². The Balaban J connectivity index is 1.96. The molecular weight excluding hydrogens is 311 g/mol. The number of Topliss-reactive ketones (excluding diaryl/α,β-unsaturated/α-hetero) is 1. The third-order valence-electron chi connectivity index (χ3n) is 3.48. The molecule has 1 fully saturated rings. The van der Waals surface area contributed by atoms with Gasteiger partial charge < -0.3 is 9.80 Å². The highest BCUT2D eigenvalue weighted by molar-refractivity contribution is 5.94. The highest BCUT2D eigenvalue weighted by atomic mass is 19.4. The van der Waals surface area contributed by atoms with E-state index < -0.39 is 12.1 Å². The van der Waals surface area contributed by atoms with Gasteiger partial charge in [0, 0.05) is 50.1 Å². The van der Waals surface area contributed by atoms with Gasteiger partial charge in [0.05, 0.1) is 0 Å². The lowest BCUT2D eigenvalue weighted by molar-refractivity contribution is -0.127. The van der Waals surface area contributed by atoms with Gasteiger partial charge in [-0.1, -0.05) is 0 Å². The molecule has 124 valence electrons. The number of hydrogen-bond acceptors (Lipinski definition) is 4. The van der Waals surface area contributed by atoms with E-state index in [9.17, 15) is 22.8 Å². The monoisotopic (exact) mass is 327 g/mol. The first kappa shape index (κ1) is 17.0. The molecule has 2 rings (SSSR count). The summed E-state index contributed by atoms with van der Waals surface area (Å²) in [6, 6.07) is 3.29. The van der Waals surface area contributed by atoms with E-state index in [0.717, 1.165) is 0 Å². The summed E-state index contributed by atoms with van der Waals surface area (Å²) >= 11 is 0. The van der Waals surface area contributed by atoms with Crippen LogP contribution in [0.4, 0.5) is 19.0 Å². The first-order valence-corrected chi connectivity index (χ1v) is 7.03. The molecule has 8 heteroatoms. The van der Waals surface area contributed by atoms with Crippen molar-refractivity contribution in [1.82, 2.24) is 9.88 Å². The first-order chi connectivity index (χ1) is 10.8. The first-order valence-electron chi connectivity index (χ1n) is 7.03. The number of piperazine rings is 1. The Bertz CT molecular complexity index is 621. The van der Waals surface area contributed by atoms with E-state index in [0.29, 0.717) is 43.6 Å². The Morgan fingerprint density at radius 3 is 2.43 bits per heavy atom. The third kappa shape index (κ3) is 4.80. The van der Waals surface area contributed by atoms with Crippen molar-refractivity contribution in [2.45, 2.75) is 13.1 Å². The lowest BCUT2D eigenvalue weighted by Crippen LogP contribution is -2.48. The van der Waals surface area contributed by atoms with Gasteiger partial charge in [0.15, 0.2) is 5.78 Å². The molecule has 2 heterocycles. The van der Waals surface area contributed by atoms with Crippen molar-refractivity contribution in [1.29, 1.82) is 0 Å². The standard InChI is InChI=1S/C15H16F3N3O2/c1-11(22)12-3-5-19-13(10-12)20-6-8-21(9-7-20)14(23)2-4-15(16,17)18/h2-5,10H,6-9H2,1H3. The van der Waals surface area contributed by atoms with Crippen LogP contribution in [0.3, 0.4) is 0 Å². The van der Waals surface area contributed by atoms with Crippen LogP contribution in [0, 0.1) is 0 Å².